The van der Waals surface area contributed by atoms with E-state index in [4.69, 9.17) is 11.6 Å². The van der Waals surface area contributed by atoms with Crippen molar-refractivity contribution in [1.29, 1.82) is 0 Å². The van der Waals surface area contributed by atoms with Crippen LogP contribution in [-0.2, 0) is 6.42 Å². The van der Waals surface area contributed by atoms with Gasteiger partial charge in [-0.3, -0.25) is 0 Å². The highest BCUT2D eigenvalue weighted by atomic mass is 35.5. The molecule has 0 saturated heterocycles. The maximum absolute atomic E-state index is 6.53. The fraction of sp³-hybridized carbons (Fsp3) is 0.692. The van der Waals surface area contributed by atoms with Gasteiger partial charge in [-0.05, 0) is 47.6 Å². The fourth-order valence-corrected chi connectivity index (χ4v) is 3.58. The minimum absolute atomic E-state index is 0.359. The second-order valence-corrected chi connectivity index (χ2v) is 5.94. The third-order valence-corrected chi connectivity index (χ3v) is 4.66. The van der Waals surface area contributed by atoms with Crippen molar-refractivity contribution in [2.24, 2.45) is 5.92 Å². The molecule has 0 bridgehead atoms. The number of alkyl halides is 1. The van der Waals surface area contributed by atoms with E-state index in [9.17, 15) is 0 Å². The van der Waals surface area contributed by atoms with Gasteiger partial charge in [-0.15, -0.1) is 11.6 Å². The molecule has 2 heteroatoms. The molecule has 0 radical (unpaired) electrons. The summed E-state index contributed by atoms with van der Waals surface area (Å²) >= 11 is 8.30. The quantitative estimate of drug-likeness (QED) is 0.524. The molecule has 2 rings (SSSR count). The molecular weight excluding hydrogens is 224 g/mol. The highest BCUT2D eigenvalue weighted by molar-refractivity contribution is 7.07. The van der Waals surface area contributed by atoms with Gasteiger partial charge in [-0.25, -0.2) is 0 Å². The number of rotatable bonds is 3. The summed E-state index contributed by atoms with van der Waals surface area (Å²) in [5, 5.41) is 4.73. The first kappa shape index (κ1) is 11.5. The van der Waals surface area contributed by atoms with Crippen LogP contribution in [0.3, 0.4) is 0 Å². The summed E-state index contributed by atoms with van der Waals surface area (Å²) < 4.78 is 0. The first-order chi connectivity index (χ1) is 7.36. The zero-order chi connectivity index (χ0) is 10.5. The zero-order valence-corrected chi connectivity index (χ0v) is 10.7. The monoisotopic (exact) mass is 242 g/mol. The van der Waals surface area contributed by atoms with Gasteiger partial charge >= 0.3 is 0 Å². The maximum Gasteiger partial charge on any atom is 0.0404 e. The van der Waals surface area contributed by atoms with Crippen LogP contribution < -0.4 is 0 Å². The van der Waals surface area contributed by atoms with Gasteiger partial charge in [0.1, 0.15) is 0 Å². The summed E-state index contributed by atoms with van der Waals surface area (Å²) in [5.41, 5.74) is 1.42. The van der Waals surface area contributed by atoms with E-state index in [0.717, 1.165) is 12.3 Å². The van der Waals surface area contributed by atoms with Crippen LogP contribution in [0.2, 0.25) is 0 Å². The van der Waals surface area contributed by atoms with Crippen LogP contribution in [0.15, 0.2) is 16.8 Å². The Morgan fingerprint density at radius 3 is 2.60 bits per heavy atom. The molecule has 0 nitrogen and oxygen atoms in total. The third-order valence-electron chi connectivity index (χ3n) is 3.42. The Morgan fingerprint density at radius 1 is 1.27 bits per heavy atom. The molecule has 1 heterocycles. The second-order valence-electron chi connectivity index (χ2n) is 4.60. The van der Waals surface area contributed by atoms with Crippen LogP contribution in [0.1, 0.15) is 44.1 Å². The Balaban J connectivity index is 1.86. The standard InChI is InChI=1S/C13H19ClS/c14-13(9-11-7-8-15-10-11)12-5-3-1-2-4-6-12/h7-8,10,12-13H,1-6,9H2. The van der Waals surface area contributed by atoms with E-state index in [1.807, 2.05) is 0 Å². The Morgan fingerprint density at radius 2 is 2.00 bits per heavy atom. The molecule has 84 valence electrons. The second kappa shape index (κ2) is 5.91. The lowest BCUT2D eigenvalue weighted by atomic mass is 9.93. The molecule has 0 aliphatic heterocycles. The first-order valence-electron chi connectivity index (χ1n) is 6.01. The summed E-state index contributed by atoms with van der Waals surface area (Å²) in [6.45, 7) is 0. The first-order valence-corrected chi connectivity index (χ1v) is 7.39. The highest BCUT2D eigenvalue weighted by Crippen LogP contribution is 2.30. The normalized spacial score (nSPS) is 21.1. The van der Waals surface area contributed by atoms with Gasteiger partial charge in [0, 0.05) is 5.38 Å². The topological polar surface area (TPSA) is 0 Å². The third kappa shape index (κ3) is 3.49. The molecule has 0 spiro atoms. The van der Waals surface area contributed by atoms with Gasteiger partial charge in [-0.1, -0.05) is 25.7 Å². The van der Waals surface area contributed by atoms with Crippen LogP contribution in [0, 0.1) is 5.92 Å². The van der Waals surface area contributed by atoms with Crippen molar-refractivity contribution in [2.75, 3.05) is 0 Å². The lowest BCUT2D eigenvalue weighted by Crippen LogP contribution is -2.16. The van der Waals surface area contributed by atoms with E-state index >= 15 is 0 Å². The average molecular weight is 243 g/mol. The average Bonchev–Trinajstić information content (AvgIpc) is 2.58. The summed E-state index contributed by atoms with van der Waals surface area (Å²) in [7, 11) is 0. The Hall–Kier alpha value is -0.0100. The number of halogens is 1. The van der Waals surface area contributed by atoms with E-state index in [1.54, 1.807) is 11.3 Å². The largest absolute Gasteiger partial charge is 0.152 e. The van der Waals surface area contributed by atoms with Gasteiger partial charge in [-0.2, -0.15) is 11.3 Å². The number of thiophene rings is 1. The molecule has 1 aromatic rings. The van der Waals surface area contributed by atoms with Crippen LogP contribution in [0.4, 0.5) is 0 Å². The van der Waals surface area contributed by atoms with Crippen molar-refractivity contribution >= 4 is 22.9 Å². The van der Waals surface area contributed by atoms with Gasteiger partial charge in [0.05, 0.1) is 0 Å². The van der Waals surface area contributed by atoms with E-state index in [1.165, 1.54) is 44.1 Å². The van der Waals surface area contributed by atoms with Crippen LogP contribution in [-0.4, -0.2) is 5.38 Å². The predicted octanol–water partition coefficient (Wildman–Crippen LogP) is 4.87. The molecule has 1 aliphatic rings. The van der Waals surface area contributed by atoms with E-state index < -0.39 is 0 Å². The SMILES string of the molecule is ClC(Cc1ccsc1)C1CCCCCC1. The van der Waals surface area contributed by atoms with Crippen molar-refractivity contribution in [1.82, 2.24) is 0 Å². The Labute approximate surface area is 102 Å². The van der Waals surface area contributed by atoms with Crippen molar-refractivity contribution < 1.29 is 0 Å². The lowest BCUT2D eigenvalue weighted by molar-refractivity contribution is 0.435. The summed E-state index contributed by atoms with van der Waals surface area (Å²) in [5.74, 6) is 0.758. The van der Waals surface area contributed by atoms with Crippen LogP contribution in [0.5, 0.6) is 0 Å². The van der Waals surface area contributed by atoms with E-state index in [-0.39, 0.29) is 0 Å². The van der Waals surface area contributed by atoms with Crippen LogP contribution in [0.25, 0.3) is 0 Å². The van der Waals surface area contributed by atoms with E-state index in [2.05, 4.69) is 16.8 Å². The molecule has 1 aromatic heterocycles. The number of hydrogen-bond acceptors (Lipinski definition) is 1. The van der Waals surface area contributed by atoms with Crippen molar-refractivity contribution in [2.45, 2.75) is 50.3 Å². The summed E-state index contributed by atoms with van der Waals surface area (Å²) in [6, 6.07) is 2.21. The van der Waals surface area contributed by atoms with Crippen LogP contribution >= 0.6 is 22.9 Å². The van der Waals surface area contributed by atoms with Gasteiger partial charge in [0.2, 0.25) is 0 Å². The van der Waals surface area contributed by atoms with Crippen molar-refractivity contribution in [3.05, 3.63) is 22.4 Å². The van der Waals surface area contributed by atoms with Crippen molar-refractivity contribution in [3.63, 3.8) is 0 Å². The minimum Gasteiger partial charge on any atom is -0.152 e. The Kier molecular flexibility index (Phi) is 4.52. The predicted molar refractivity (Wildman–Crippen MR) is 68.9 cm³/mol. The molecule has 0 N–H and O–H groups in total. The summed E-state index contributed by atoms with van der Waals surface area (Å²) in [4.78, 5) is 0. The lowest BCUT2D eigenvalue weighted by Gasteiger charge is -2.19. The smallest absolute Gasteiger partial charge is 0.0404 e. The number of hydrogen-bond donors (Lipinski definition) is 0. The van der Waals surface area contributed by atoms with Gasteiger partial charge in [0.15, 0.2) is 0 Å². The van der Waals surface area contributed by atoms with E-state index in [0.29, 0.717) is 5.38 Å². The molecule has 1 fully saturated rings. The molecule has 0 aromatic carbocycles. The molecule has 1 aliphatic carbocycles. The molecule has 0 amide bonds. The fourth-order valence-electron chi connectivity index (χ4n) is 2.47. The highest BCUT2D eigenvalue weighted by Gasteiger charge is 2.20. The van der Waals surface area contributed by atoms with Crippen molar-refractivity contribution in [3.8, 4) is 0 Å². The maximum atomic E-state index is 6.53. The Bertz CT molecular complexity index is 260. The zero-order valence-electron chi connectivity index (χ0n) is 9.12. The van der Waals surface area contributed by atoms with Gasteiger partial charge < -0.3 is 0 Å². The summed E-state index contributed by atoms with van der Waals surface area (Å²) in [6.07, 6.45) is 9.36. The van der Waals surface area contributed by atoms with Gasteiger partial charge in [0.25, 0.3) is 0 Å². The molecule has 1 atom stereocenters. The molecule has 1 saturated carbocycles. The molecular formula is C13H19ClS. The minimum atomic E-state index is 0.359. The molecule has 15 heavy (non-hydrogen) atoms. The molecule has 1 unspecified atom stereocenters.